The van der Waals surface area contributed by atoms with Crippen LogP contribution in [-0.2, 0) is 4.79 Å². The number of aromatic nitrogens is 1. The molecule has 1 saturated heterocycles. The van der Waals surface area contributed by atoms with Crippen LogP contribution in [-0.4, -0.2) is 60.5 Å². The van der Waals surface area contributed by atoms with E-state index in [9.17, 15) is 9.18 Å². The minimum Gasteiger partial charge on any atom is -0.305 e. The molecule has 0 aromatic carbocycles. The highest BCUT2D eigenvalue weighted by atomic mass is 19.1. The van der Waals surface area contributed by atoms with E-state index >= 15 is 0 Å². The second-order valence-corrected chi connectivity index (χ2v) is 5.28. The number of likely N-dealkylation sites (tertiary alicyclic amines) is 1. The van der Waals surface area contributed by atoms with Gasteiger partial charge in [0.25, 0.3) is 5.91 Å². The number of rotatable bonds is 4. The fraction of sp³-hybridized carbons (Fsp3) is 0.538. The van der Waals surface area contributed by atoms with Gasteiger partial charge in [0.15, 0.2) is 0 Å². The Labute approximate surface area is 117 Å². The van der Waals surface area contributed by atoms with Crippen LogP contribution in [0.4, 0.5) is 10.2 Å². The highest BCUT2D eigenvalue weighted by molar-refractivity contribution is 5.83. The Kier molecular flexibility index (Phi) is 4.51. The van der Waals surface area contributed by atoms with Crippen molar-refractivity contribution in [2.24, 2.45) is 0 Å². The molecule has 0 bridgehead atoms. The van der Waals surface area contributed by atoms with Crippen LogP contribution in [0.25, 0.3) is 0 Å². The molecule has 1 aromatic heterocycles. The summed E-state index contributed by atoms with van der Waals surface area (Å²) in [5.41, 5.74) is 5.31. The summed E-state index contributed by atoms with van der Waals surface area (Å²) in [5, 5.41) is 0. The summed E-state index contributed by atoms with van der Waals surface area (Å²) >= 11 is 0. The molecule has 1 aliphatic rings. The summed E-state index contributed by atoms with van der Waals surface area (Å²) in [7, 11) is 5.96. The highest BCUT2D eigenvalue weighted by Gasteiger charge is 2.35. The molecule has 0 spiro atoms. The van der Waals surface area contributed by atoms with Crippen LogP contribution in [0.15, 0.2) is 18.3 Å². The lowest BCUT2D eigenvalue weighted by molar-refractivity contribution is -0.124. The van der Waals surface area contributed by atoms with Crippen LogP contribution in [0.3, 0.4) is 0 Å². The molecule has 2 heterocycles. The summed E-state index contributed by atoms with van der Waals surface area (Å²) in [4.78, 5) is 20.1. The van der Waals surface area contributed by atoms with Gasteiger partial charge in [0.2, 0.25) is 0 Å². The number of hydrazine groups is 1. The van der Waals surface area contributed by atoms with Gasteiger partial charge in [0.1, 0.15) is 11.6 Å². The number of nitrogens with one attached hydrogen (secondary N) is 2. The topological polar surface area (TPSA) is 60.5 Å². The van der Waals surface area contributed by atoms with Crippen molar-refractivity contribution in [2.45, 2.75) is 18.5 Å². The van der Waals surface area contributed by atoms with Gasteiger partial charge in [-0.2, -0.15) is 0 Å². The van der Waals surface area contributed by atoms with Gasteiger partial charge in [-0.3, -0.25) is 20.5 Å². The first-order valence-corrected chi connectivity index (χ1v) is 6.51. The van der Waals surface area contributed by atoms with Crippen LogP contribution in [0, 0.1) is 5.82 Å². The second-order valence-electron chi connectivity index (χ2n) is 5.28. The lowest BCUT2D eigenvalue weighted by Crippen LogP contribution is -2.43. The van der Waals surface area contributed by atoms with Crippen molar-refractivity contribution in [3.63, 3.8) is 0 Å². The predicted octanol–water partition coefficient (Wildman–Crippen LogP) is 0.298. The fourth-order valence-electron chi connectivity index (χ4n) is 2.31. The van der Waals surface area contributed by atoms with Gasteiger partial charge >= 0.3 is 0 Å². The summed E-state index contributed by atoms with van der Waals surface area (Å²) in [6.45, 7) is 0.861. The first-order valence-electron chi connectivity index (χ1n) is 6.51. The van der Waals surface area contributed by atoms with E-state index in [-0.39, 0.29) is 11.9 Å². The maximum Gasteiger partial charge on any atom is 0.255 e. The lowest BCUT2D eigenvalue weighted by Gasteiger charge is -2.18. The Morgan fingerprint density at radius 2 is 2.25 bits per heavy atom. The first-order chi connectivity index (χ1) is 9.47. The van der Waals surface area contributed by atoms with Gasteiger partial charge in [0.05, 0.1) is 12.2 Å². The summed E-state index contributed by atoms with van der Waals surface area (Å²) in [5.74, 6) is -0.112. The lowest BCUT2D eigenvalue weighted by atomic mass is 10.1. The molecule has 0 aliphatic carbocycles. The molecular weight excluding hydrogens is 261 g/mol. The van der Waals surface area contributed by atoms with Crippen LogP contribution in [0.2, 0.25) is 0 Å². The molecule has 2 N–H and O–H groups in total. The third-order valence-corrected chi connectivity index (χ3v) is 3.60. The van der Waals surface area contributed by atoms with Crippen molar-refractivity contribution < 1.29 is 9.18 Å². The predicted molar refractivity (Wildman–Crippen MR) is 74.5 cm³/mol. The number of amides is 1. The average molecular weight is 281 g/mol. The smallest absolute Gasteiger partial charge is 0.255 e. The Morgan fingerprint density at radius 1 is 1.50 bits per heavy atom. The number of carbonyl (C=O) groups excluding carboxylic acids is 1. The average Bonchev–Trinajstić information content (AvgIpc) is 2.80. The Hall–Kier alpha value is -1.73. The second kappa shape index (κ2) is 6.15. The van der Waals surface area contributed by atoms with E-state index < -0.39 is 5.82 Å². The minimum atomic E-state index is -0.411. The third-order valence-electron chi connectivity index (χ3n) is 3.60. The molecule has 2 unspecified atom stereocenters. The molecule has 1 fully saturated rings. The number of pyridine rings is 1. The molecule has 0 radical (unpaired) electrons. The number of hydrogen-bond donors (Lipinski definition) is 2. The van der Waals surface area contributed by atoms with Crippen LogP contribution in [0.1, 0.15) is 6.42 Å². The Morgan fingerprint density at radius 3 is 2.80 bits per heavy atom. The van der Waals surface area contributed by atoms with Crippen molar-refractivity contribution in [3.05, 3.63) is 24.1 Å². The van der Waals surface area contributed by atoms with Gasteiger partial charge in [-0.05, 0) is 39.7 Å². The largest absolute Gasteiger partial charge is 0.305 e. The van der Waals surface area contributed by atoms with Gasteiger partial charge in [-0.15, -0.1) is 0 Å². The highest BCUT2D eigenvalue weighted by Crippen LogP contribution is 2.19. The van der Waals surface area contributed by atoms with E-state index in [1.54, 1.807) is 0 Å². The third kappa shape index (κ3) is 3.43. The zero-order valence-corrected chi connectivity index (χ0v) is 11.9. The van der Waals surface area contributed by atoms with E-state index in [0.29, 0.717) is 11.9 Å². The SMILES string of the molecule is CN(C)C1CC(C(=O)NNc2ccc(F)cn2)N(C)C1. The molecule has 0 saturated carbocycles. The van der Waals surface area contributed by atoms with Crippen molar-refractivity contribution in [1.82, 2.24) is 20.2 Å². The Bertz CT molecular complexity index is 464. The maximum atomic E-state index is 12.7. The van der Waals surface area contributed by atoms with E-state index in [4.69, 9.17) is 0 Å². The number of halogens is 1. The number of nitrogens with zero attached hydrogens (tertiary/aromatic N) is 3. The van der Waals surface area contributed by atoms with Crippen molar-refractivity contribution >= 4 is 11.7 Å². The van der Waals surface area contributed by atoms with Crippen LogP contribution >= 0.6 is 0 Å². The number of carbonyl (C=O) groups is 1. The molecule has 2 rings (SSSR count). The summed E-state index contributed by atoms with van der Waals surface area (Å²) in [6.07, 6.45) is 1.88. The number of likely N-dealkylation sites (N-methyl/N-ethyl adjacent to an activating group) is 2. The van der Waals surface area contributed by atoms with E-state index in [0.717, 1.165) is 19.2 Å². The maximum absolute atomic E-state index is 12.7. The molecule has 110 valence electrons. The van der Waals surface area contributed by atoms with E-state index in [1.807, 2.05) is 26.0 Å². The van der Waals surface area contributed by atoms with Gasteiger partial charge < -0.3 is 4.90 Å². The molecule has 20 heavy (non-hydrogen) atoms. The van der Waals surface area contributed by atoms with Crippen molar-refractivity contribution in [1.29, 1.82) is 0 Å². The Balaban J connectivity index is 1.87. The van der Waals surface area contributed by atoms with Crippen LogP contribution in [0.5, 0.6) is 0 Å². The van der Waals surface area contributed by atoms with E-state index in [1.165, 1.54) is 12.1 Å². The van der Waals surface area contributed by atoms with Crippen molar-refractivity contribution in [2.75, 3.05) is 33.1 Å². The first kappa shape index (κ1) is 14.7. The normalized spacial score (nSPS) is 23.1. The molecule has 1 aromatic rings. The standard InChI is InChI=1S/C13H20FN5O/c1-18(2)10-6-11(19(3)8-10)13(20)17-16-12-5-4-9(14)7-15-12/h4-5,7,10-11H,6,8H2,1-3H3,(H,15,16)(H,17,20). The molecule has 1 aliphatic heterocycles. The molecule has 6 nitrogen and oxygen atoms in total. The number of hydrogen-bond acceptors (Lipinski definition) is 5. The van der Waals surface area contributed by atoms with Gasteiger partial charge in [0, 0.05) is 12.6 Å². The van der Waals surface area contributed by atoms with Crippen molar-refractivity contribution in [3.8, 4) is 0 Å². The molecule has 7 heteroatoms. The summed E-state index contributed by atoms with van der Waals surface area (Å²) < 4.78 is 12.7. The summed E-state index contributed by atoms with van der Waals surface area (Å²) in [6, 6.07) is 2.96. The van der Waals surface area contributed by atoms with E-state index in [2.05, 4.69) is 20.7 Å². The van der Waals surface area contributed by atoms with Gasteiger partial charge in [-0.1, -0.05) is 0 Å². The monoisotopic (exact) mass is 281 g/mol. The quantitative estimate of drug-likeness (QED) is 0.777. The zero-order valence-electron chi connectivity index (χ0n) is 11.9. The molecule has 1 amide bonds. The fourth-order valence-corrected chi connectivity index (χ4v) is 2.31. The minimum absolute atomic E-state index is 0.108. The number of anilines is 1. The zero-order chi connectivity index (χ0) is 14.7. The van der Waals surface area contributed by atoms with Crippen LogP contribution < -0.4 is 10.9 Å². The molecule has 2 atom stereocenters. The van der Waals surface area contributed by atoms with Gasteiger partial charge in [-0.25, -0.2) is 9.37 Å². The molecular formula is C13H20FN5O.